The molecule has 1 aliphatic heterocycles. The first kappa shape index (κ1) is 12.6. The Morgan fingerprint density at radius 1 is 1.12 bits per heavy atom. The molecule has 1 amide bonds. The van der Waals surface area contributed by atoms with E-state index in [0.717, 1.165) is 32.2 Å². The maximum atomic E-state index is 11.9. The van der Waals surface area contributed by atoms with Crippen LogP contribution in [0, 0.1) is 0 Å². The summed E-state index contributed by atoms with van der Waals surface area (Å²) >= 11 is 2.22. The highest BCUT2D eigenvalue weighted by Crippen LogP contribution is 2.19. The normalized spacial score (nSPS) is 34.9. The zero-order chi connectivity index (χ0) is 11.4. The minimum Gasteiger partial charge on any atom is -0.352 e. The number of hydrogen-bond acceptors (Lipinski definition) is 3. The average molecular weight is 337 g/mol. The number of rotatable bonds is 3. The van der Waals surface area contributed by atoms with Crippen molar-refractivity contribution in [2.75, 3.05) is 6.54 Å². The van der Waals surface area contributed by atoms with Gasteiger partial charge < -0.3 is 10.6 Å². The highest BCUT2D eigenvalue weighted by atomic mass is 127. The van der Waals surface area contributed by atoms with Crippen LogP contribution in [0.15, 0.2) is 0 Å². The van der Waals surface area contributed by atoms with Crippen LogP contribution >= 0.6 is 22.9 Å². The lowest BCUT2D eigenvalue weighted by Gasteiger charge is -2.29. The van der Waals surface area contributed by atoms with Crippen molar-refractivity contribution < 1.29 is 4.79 Å². The molecule has 1 heterocycles. The summed E-state index contributed by atoms with van der Waals surface area (Å²) in [6, 6.07) is 1.11. The zero-order valence-corrected chi connectivity index (χ0v) is 11.6. The summed E-state index contributed by atoms with van der Waals surface area (Å²) in [5.41, 5.74) is 0. The Kier molecular flexibility index (Phi) is 4.84. The van der Waals surface area contributed by atoms with Gasteiger partial charge in [0.2, 0.25) is 5.91 Å². The van der Waals surface area contributed by atoms with Crippen molar-refractivity contribution in [1.82, 2.24) is 14.2 Å². The topological polar surface area (TPSA) is 53.2 Å². The number of nitrogens with one attached hydrogen (secondary N) is 3. The Morgan fingerprint density at radius 3 is 2.38 bits per heavy atom. The second kappa shape index (κ2) is 6.16. The third kappa shape index (κ3) is 3.30. The fourth-order valence-electron chi connectivity index (χ4n) is 2.56. The van der Waals surface area contributed by atoms with Crippen LogP contribution in [0.3, 0.4) is 0 Å². The molecule has 1 aliphatic carbocycles. The molecule has 0 bridgehead atoms. The molecule has 3 N–H and O–H groups in total. The van der Waals surface area contributed by atoms with Crippen molar-refractivity contribution in [3.63, 3.8) is 0 Å². The number of carbonyl (C=O) groups excluding carboxylic acids is 1. The third-order valence-electron chi connectivity index (χ3n) is 3.60. The van der Waals surface area contributed by atoms with Gasteiger partial charge in [-0.25, -0.2) is 0 Å². The van der Waals surface area contributed by atoms with Crippen molar-refractivity contribution in [3.8, 4) is 0 Å². The van der Waals surface area contributed by atoms with Crippen molar-refractivity contribution in [1.29, 1.82) is 0 Å². The van der Waals surface area contributed by atoms with E-state index >= 15 is 0 Å². The Hall–Kier alpha value is 0.120. The molecule has 1 atom stereocenters. The maximum absolute atomic E-state index is 11.9. The van der Waals surface area contributed by atoms with Gasteiger partial charge in [0, 0.05) is 34.9 Å². The molecule has 0 aromatic heterocycles. The summed E-state index contributed by atoms with van der Waals surface area (Å²) in [6.07, 6.45) is 6.69. The van der Waals surface area contributed by atoms with Crippen molar-refractivity contribution >= 4 is 28.8 Å². The highest BCUT2D eigenvalue weighted by Gasteiger charge is 2.26. The molecular formula is C11H20IN3O. The molecular weight excluding hydrogens is 317 g/mol. The molecule has 0 unspecified atom stereocenters. The van der Waals surface area contributed by atoms with Gasteiger partial charge in [0.25, 0.3) is 0 Å². The molecule has 2 rings (SSSR count). The zero-order valence-electron chi connectivity index (χ0n) is 9.47. The van der Waals surface area contributed by atoms with Gasteiger partial charge in [0.1, 0.15) is 0 Å². The second-order valence-electron chi connectivity index (χ2n) is 4.82. The standard InChI is InChI=1S/C11H20IN3O/c12-15-9-5-3-8(4-6-9)14-11(16)10-2-1-7-13-10/h8-10,13,15H,1-7H2,(H,14,16)/t8?,9?,10-/m1/s1. The highest BCUT2D eigenvalue weighted by molar-refractivity contribution is 14.1. The van der Waals surface area contributed by atoms with Crippen LogP contribution in [-0.4, -0.2) is 30.6 Å². The van der Waals surface area contributed by atoms with E-state index in [9.17, 15) is 4.79 Å². The number of hydrogen-bond donors (Lipinski definition) is 3. The van der Waals surface area contributed by atoms with E-state index in [0.29, 0.717) is 12.1 Å². The van der Waals surface area contributed by atoms with Crippen molar-refractivity contribution in [2.24, 2.45) is 0 Å². The van der Waals surface area contributed by atoms with Gasteiger partial charge in [-0.1, -0.05) is 0 Å². The fraction of sp³-hybridized carbons (Fsp3) is 0.909. The van der Waals surface area contributed by atoms with E-state index in [1.54, 1.807) is 0 Å². The van der Waals surface area contributed by atoms with E-state index in [1.165, 1.54) is 12.8 Å². The van der Waals surface area contributed by atoms with Gasteiger partial charge in [-0.2, -0.15) is 0 Å². The SMILES string of the molecule is O=C(NC1CCC(NI)CC1)[C@H]1CCCN1. The molecule has 1 saturated carbocycles. The first-order valence-electron chi connectivity index (χ1n) is 6.19. The molecule has 0 spiro atoms. The predicted octanol–water partition coefficient (Wildman–Crippen LogP) is 1.11. The first-order valence-corrected chi connectivity index (χ1v) is 7.27. The van der Waals surface area contributed by atoms with Crippen molar-refractivity contribution in [3.05, 3.63) is 0 Å². The lowest BCUT2D eigenvalue weighted by atomic mass is 9.91. The Labute approximate surface area is 111 Å². The van der Waals surface area contributed by atoms with Crippen LogP contribution in [0.2, 0.25) is 0 Å². The quantitative estimate of drug-likeness (QED) is 0.534. The summed E-state index contributed by atoms with van der Waals surface area (Å²) in [7, 11) is 0. The largest absolute Gasteiger partial charge is 0.352 e. The van der Waals surface area contributed by atoms with Crippen LogP contribution in [-0.2, 0) is 4.79 Å². The molecule has 2 aliphatic rings. The van der Waals surface area contributed by atoms with Gasteiger partial charge in [-0.05, 0) is 45.1 Å². The van der Waals surface area contributed by atoms with Gasteiger partial charge >= 0.3 is 0 Å². The van der Waals surface area contributed by atoms with E-state index in [-0.39, 0.29) is 11.9 Å². The van der Waals surface area contributed by atoms with Crippen LogP contribution in [0.5, 0.6) is 0 Å². The Morgan fingerprint density at radius 2 is 1.81 bits per heavy atom. The minimum atomic E-state index is 0.0698. The van der Waals surface area contributed by atoms with Crippen LogP contribution in [0.4, 0.5) is 0 Å². The molecule has 92 valence electrons. The number of carbonyl (C=O) groups is 1. The molecule has 2 fully saturated rings. The summed E-state index contributed by atoms with van der Waals surface area (Å²) in [5, 5.41) is 6.41. The van der Waals surface area contributed by atoms with Gasteiger partial charge in [-0.3, -0.25) is 8.32 Å². The first-order chi connectivity index (χ1) is 7.79. The number of halogens is 1. The van der Waals surface area contributed by atoms with Crippen LogP contribution < -0.4 is 14.2 Å². The monoisotopic (exact) mass is 337 g/mol. The van der Waals surface area contributed by atoms with Gasteiger partial charge in [0.05, 0.1) is 6.04 Å². The average Bonchev–Trinajstić information content (AvgIpc) is 2.83. The number of amides is 1. The lowest BCUT2D eigenvalue weighted by molar-refractivity contribution is -0.123. The maximum Gasteiger partial charge on any atom is 0.237 e. The van der Waals surface area contributed by atoms with E-state index in [1.807, 2.05) is 0 Å². The summed E-state index contributed by atoms with van der Waals surface area (Å²) in [5.74, 6) is 0.211. The van der Waals surface area contributed by atoms with E-state index in [4.69, 9.17) is 0 Å². The lowest BCUT2D eigenvalue weighted by Crippen LogP contribution is -2.47. The molecule has 4 nitrogen and oxygen atoms in total. The Bertz CT molecular complexity index is 235. The molecule has 0 aromatic carbocycles. The van der Waals surface area contributed by atoms with Crippen LogP contribution in [0.1, 0.15) is 38.5 Å². The van der Waals surface area contributed by atoms with Gasteiger partial charge in [-0.15, -0.1) is 0 Å². The smallest absolute Gasteiger partial charge is 0.237 e. The summed E-state index contributed by atoms with van der Waals surface area (Å²) < 4.78 is 3.28. The summed E-state index contributed by atoms with van der Waals surface area (Å²) in [4.78, 5) is 11.9. The summed E-state index contributed by atoms with van der Waals surface area (Å²) in [6.45, 7) is 0.990. The van der Waals surface area contributed by atoms with Crippen LogP contribution in [0.25, 0.3) is 0 Å². The second-order valence-corrected chi connectivity index (χ2v) is 5.44. The predicted molar refractivity (Wildman–Crippen MR) is 72.4 cm³/mol. The molecule has 5 heteroatoms. The molecule has 1 saturated heterocycles. The van der Waals surface area contributed by atoms with E-state index in [2.05, 4.69) is 37.0 Å². The third-order valence-corrected chi connectivity index (χ3v) is 4.49. The molecule has 0 radical (unpaired) electrons. The molecule has 0 aromatic rings. The fourth-order valence-corrected chi connectivity index (χ4v) is 3.18. The minimum absolute atomic E-state index is 0.0698. The van der Waals surface area contributed by atoms with Crippen molar-refractivity contribution in [2.45, 2.75) is 56.7 Å². The Balaban J connectivity index is 1.71. The molecule has 16 heavy (non-hydrogen) atoms. The van der Waals surface area contributed by atoms with Gasteiger partial charge in [0.15, 0.2) is 0 Å². The van der Waals surface area contributed by atoms with E-state index < -0.39 is 0 Å².